The van der Waals surface area contributed by atoms with Crippen LogP contribution in [0.3, 0.4) is 0 Å². The third-order valence-corrected chi connectivity index (χ3v) is 4.44. The normalized spacial score (nSPS) is 10.8. The second-order valence-corrected chi connectivity index (χ2v) is 6.41. The smallest absolute Gasteiger partial charge is 0.254 e. The van der Waals surface area contributed by atoms with Gasteiger partial charge in [-0.3, -0.25) is 4.79 Å². The third kappa shape index (κ3) is 4.20. The summed E-state index contributed by atoms with van der Waals surface area (Å²) in [5.41, 5.74) is 2.80. The molecule has 26 heavy (non-hydrogen) atoms. The van der Waals surface area contributed by atoms with Crippen LogP contribution in [0.25, 0.3) is 10.9 Å². The first-order valence-corrected chi connectivity index (χ1v) is 9.05. The highest BCUT2D eigenvalue weighted by molar-refractivity contribution is 5.93. The molecule has 3 aromatic rings. The Hall–Kier alpha value is -2.89. The highest BCUT2D eigenvalue weighted by Gasteiger charge is 2.09. The number of anilines is 1. The number of amides is 1. The molecule has 1 amide bonds. The Balaban J connectivity index is 1.53. The maximum absolute atomic E-state index is 12.3. The highest BCUT2D eigenvalue weighted by atomic mass is 16.1. The fourth-order valence-corrected chi connectivity index (χ4v) is 2.88. The summed E-state index contributed by atoms with van der Waals surface area (Å²) in [6.45, 7) is 3.63. The summed E-state index contributed by atoms with van der Waals surface area (Å²) in [5.74, 6) is 0.501. The van der Waals surface area contributed by atoms with Gasteiger partial charge in [0.05, 0.1) is 5.56 Å². The maximum atomic E-state index is 12.3. The Morgan fingerprint density at radius 2 is 2.00 bits per heavy atom. The van der Waals surface area contributed by atoms with E-state index in [1.54, 1.807) is 12.4 Å². The quantitative estimate of drug-likeness (QED) is 0.654. The molecule has 0 saturated heterocycles. The topological polar surface area (TPSA) is 73.9 Å². The van der Waals surface area contributed by atoms with Gasteiger partial charge < -0.3 is 15.2 Å². The van der Waals surface area contributed by atoms with Crippen molar-refractivity contribution in [2.75, 3.05) is 25.0 Å². The van der Waals surface area contributed by atoms with Gasteiger partial charge in [0.15, 0.2) is 0 Å². The Kier molecular flexibility index (Phi) is 5.84. The first-order valence-electron chi connectivity index (χ1n) is 9.05. The largest absolute Gasteiger partial charge is 0.361 e. The lowest BCUT2D eigenvalue weighted by atomic mass is 10.1. The molecule has 0 spiro atoms. The van der Waals surface area contributed by atoms with E-state index in [4.69, 9.17) is 0 Å². The molecule has 1 aromatic carbocycles. The number of hydrogen-bond acceptors (Lipinski definition) is 4. The molecule has 2 N–H and O–H groups in total. The lowest BCUT2D eigenvalue weighted by Crippen LogP contribution is -2.26. The van der Waals surface area contributed by atoms with E-state index in [2.05, 4.69) is 33.3 Å². The van der Waals surface area contributed by atoms with Gasteiger partial charge in [-0.2, -0.15) is 0 Å². The summed E-state index contributed by atoms with van der Waals surface area (Å²) in [6, 6.07) is 8.17. The fourth-order valence-electron chi connectivity index (χ4n) is 2.88. The van der Waals surface area contributed by atoms with Gasteiger partial charge in [-0.15, -0.1) is 0 Å². The first-order chi connectivity index (χ1) is 12.7. The zero-order valence-corrected chi connectivity index (χ0v) is 15.3. The Labute approximate surface area is 153 Å². The molecule has 0 saturated carbocycles. The molecular weight excluding hydrogens is 326 g/mol. The molecule has 0 aliphatic heterocycles. The number of nitrogens with one attached hydrogen (secondary N) is 2. The van der Waals surface area contributed by atoms with Crippen molar-refractivity contribution in [3.05, 3.63) is 54.0 Å². The number of carbonyl (C=O) groups is 1. The molecule has 0 atom stereocenters. The van der Waals surface area contributed by atoms with Crippen molar-refractivity contribution >= 4 is 22.8 Å². The summed E-state index contributed by atoms with van der Waals surface area (Å²) in [7, 11) is 1.96. The highest BCUT2D eigenvalue weighted by Crippen LogP contribution is 2.17. The van der Waals surface area contributed by atoms with Gasteiger partial charge in [-0.05, 0) is 24.5 Å². The van der Waals surface area contributed by atoms with Gasteiger partial charge >= 0.3 is 0 Å². The molecule has 0 unspecified atom stereocenters. The number of benzene rings is 1. The van der Waals surface area contributed by atoms with Crippen molar-refractivity contribution in [1.82, 2.24) is 20.3 Å². The van der Waals surface area contributed by atoms with Gasteiger partial charge in [0, 0.05) is 49.6 Å². The zero-order valence-electron chi connectivity index (χ0n) is 15.3. The predicted molar refractivity (Wildman–Crippen MR) is 105 cm³/mol. The van der Waals surface area contributed by atoms with Crippen LogP contribution < -0.4 is 10.2 Å². The van der Waals surface area contributed by atoms with E-state index >= 15 is 0 Å². The van der Waals surface area contributed by atoms with E-state index in [0.717, 1.165) is 31.3 Å². The van der Waals surface area contributed by atoms with Gasteiger partial charge in [0.25, 0.3) is 5.91 Å². The number of aromatic nitrogens is 3. The van der Waals surface area contributed by atoms with Crippen molar-refractivity contribution in [3.8, 4) is 0 Å². The van der Waals surface area contributed by atoms with Crippen LogP contribution in [0.5, 0.6) is 0 Å². The van der Waals surface area contributed by atoms with E-state index in [1.807, 2.05) is 36.3 Å². The van der Waals surface area contributed by atoms with E-state index in [9.17, 15) is 4.79 Å². The fraction of sp³-hybridized carbons (Fsp3) is 0.350. The number of hydrogen-bond donors (Lipinski definition) is 2. The Morgan fingerprint density at radius 3 is 2.77 bits per heavy atom. The number of carbonyl (C=O) groups excluding carboxylic acids is 1. The summed E-state index contributed by atoms with van der Waals surface area (Å²) in [6.07, 6.45) is 8.17. The Bertz CT molecular complexity index is 856. The van der Waals surface area contributed by atoms with Crippen molar-refractivity contribution in [2.45, 2.75) is 26.2 Å². The molecule has 0 aliphatic rings. The summed E-state index contributed by atoms with van der Waals surface area (Å²) < 4.78 is 0. The van der Waals surface area contributed by atoms with Gasteiger partial charge in [-0.1, -0.05) is 31.5 Å². The molecule has 3 rings (SSSR count). The molecule has 0 fully saturated rings. The number of unbranched alkanes of at least 4 members (excludes halogenated alkanes) is 1. The average Bonchev–Trinajstić information content (AvgIpc) is 3.09. The second-order valence-electron chi connectivity index (χ2n) is 6.41. The third-order valence-electron chi connectivity index (χ3n) is 4.44. The summed E-state index contributed by atoms with van der Waals surface area (Å²) in [5, 5.41) is 4.14. The molecule has 0 bridgehead atoms. The van der Waals surface area contributed by atoms with Gasteiger partial charge in [0.1, 0.15) is 0 Å². The summed E-state index contributed by atoms with van der Waals surface area (Å²) >= 11 is 0. The van der Waals surface area contributed by atoms with Crippen LogP contribution in [0.4, 0.5) is 5.95 Å². The maximum Gasteiger partial charge on any atom is 0.254 e. The van der Waals surface area contributed by atoms with E-state index in [1.165, 1.54) is 10.9 Å². The number of nitrogens with zero attached hydrogens (tertiary/aromatic N) is 3. The van der Waals surface area contributed by atoms with Crippen LogP contribution >= 0.6 is 0 Å². The number of para-hydroxylation sites is 1. The molecule has 136 valence electrons. The molecule has 2 heterocycles. The van der Waals surface area contributed by atoms with E-state index in [-0.39, 0.29) is 5.91 Å². The molecule has 6 nitrogen and oxygen atoms in total. The second kappa shape index (κ2) is 8.47. The zero-order chi connectivity index (χ0) is 18.4. The Morgan fingerprint density at radius 1 is 1.23 bits per heavy atom. The predicted octanol–water partition coefficient (Wildman–Crippen LogP) is 3.17. The van der Waals surface area contributed by atoms with Crippen LogP contribution in [0.2, 0.25) is 0 Å². The molecular formula is C20H25N5O. The van der Waals surface area contributed by atoms with Crippen molar-refractivity contribution in [2.24, 2.45) is 0 Å². The number of fused-ring (bicyclic) bond motifs is 1. The van der Waals surface area contributed by atoms with Crippen LogP contribution in [-0.2, 0) is 6.42 Å². The van der Waals surface area contributed by atoms with E-state index in [0.29, 0.717) is 18.1 Å². The first kappa shape index (κ1) is 17.9. The summed E-state index contributed by atoms with van der Waals surface area (Å²) in [4.78, 5) is 26.1. The van der Waals surface area contributed by atoms with Crippen LogP contribution in [-0.4, -0.2) is 41.0 Å². The molecule has 2 aromatic heterocycles. The van der Waals surface area contributed by atoms with Crippen molar-refractivity contribution in [3.63, 3.8) is 0 Å². The van der Waals surface area contributed by atoms with Crippen molar-refractivity contribution < 1.29 is 4.79 Å². The van der Waals surface area contributed by atoms with Crippen LogP contribution in [0, 0.1) is 0 Å². The number of rotatable bonds is 8. The minimum absolute atomic E-state index is 0.146. The van der Waals surface area contributed by atoms with Crippen molar-refractivity contribution in [1.29, 1.82) is 0 Å². The lowest BCUT2D eigenvalue weighted by molar-refractivity contribution is 0.0953. The van der Waals surface area contributed by atoms with E-state index < -0.39 is 0 Å². The van der Waals surface area contributed by atoms with Gasteiger partial charge in [-0.25, -0.2) is 9.97 Å². The minimum Gasteiger partial charge on any atom is -0.361 e. The standard InChI is InChI=1S/C20H25N5O/c1-3-4-11-25(2)20-23-13-16(14-24-20)19(26)21-10-9-15-12-22-18-8-6-5-7-17(15)18/h5-8,12-14,22H,3-4,9-11H2,1-2H3,(H,21,26). The van der Waals surface area contributed by atoms with Crippen LogP contribution in [0.1, 0.15) is 35.7 Å². The minimum atomic E-state index is -0.146. The van der Waals surface area contributed by atoms with Crippen LogP contribution in [0.15, 0.2) is 42.9 Å². The number of H-pyrrole nitrogens is 1. The lowest BCUT2D eigenvalue weighted by Gasteiger charge is -2.16. The average molecular weight is 351 g/mol. The molecule has 6 heteroatoms. The molecule has 0 aliphatic carbocycles. The molecule has 0 radical (unpaired) electrons. The monoisotopic (exact) mass is 351 g/mol. The van der Waals surface area contributed by atoms with Gasteiger partial charge in [0.2, 0.25) is 5.95 Å². The number of aromatic amines is 1. The SMILES string of the molecule is CCCCN(C)c1ncc(C(=O)NCCc2c[nH]c3ccccc23)cn1.